The highest BCUT2D eigenvalue weighted by Gasteiger charge is 2.09. The van der Waals surface area contributed by atoms with Gasteiger partial charge in [0.1, 0.15) is 5.82 Å². The zero-order valence-electron chi connectivity index (χ0n) is 8.49. The Balaban J connectivity index is 2.10. The molecule has 0 aliphatic heterocycles. The van der Waals surface area contributed by atoms with Gasteiger partial charge in [-0.3, -0.25) is 0 Å². The first-order chi connectivity index (χ1) is 7.65. The summed E-state index contributed by atoms with van der Waals surface area (Å²) in [5, 5.41) is 2.06. The quantitative estimate of drug-likeness (QED) is 0.842. The number of hydrogen-bond acceptors (Lipinski definition) is 2. The largest absolute Gasteiger partial charge is 0.324 e. The summed E-state index contributed by atoms with van der Waals surface area (Å²) in [6.45, 7) is 0. The van der Waals surface area contributed by atoms with Crippen molar-refractivity contribution in [3.63, 3.8) is 0 Å². The van der Waals surface area contributed by atoms with Gasteiger partial charge in [0.25, 0.3) is 0 Å². The summed E-state index contributed by atoms with van der Waals surface area (Å²) in [6, 6.07) is 8.63. The molecule has 0 fully saturated rings. The van der Waals surface area contributed by atoms with Crippen molar-refractivity contribution >= 4 is 33.9 Å². The molecule has 0 saturated carbocycles. The molecule has 84 valence electrons. The van der Waals surface area contributed by atoms with E-state index in [2.05, 4.69) is 34.0 Å². The minimum Gasteiger partial charge on any atom is -0.324 e. The number of hydrogen-bond donors (Lipinski definition) is 1. The van der Waals surface area contributed by atoms with Gasteiger partial charge in [0.2, 0.25) is 0 Å². The van der Waals surface area contributed by atoms with Crippen LogP contribution in [-0.4, -0.2) is 0 Å². The summed E-state index contributed by atoms with van der Waals surface area (Å²) in [5.74, 6) is -0.204. The molecule has 0 spiro atoms. The van der Waals surface area contributed by atoms with Gasteiger partial charge in [-0.15, -0.1) is 11.3 Å². The van der Waals surface area contributed by atoms with Crippen LogP contribution in [0.1, 0.15) is 17.2 Å². The van der Waals surface area contributed by atoms with Gasteiger partial charge in [-0.2, -0.15) is 0 Å². The van der Waals surface area contributed by atoms with Crippen LogP contribution in [0.25, 0.3) is 0 Å². The molecule has 1 aromatic carbocycles. The molecule has 0 radical (unpaired) electrons. The van der Waals surface area contributed by atoms with Gasteiger partial charge < -0.3 is 5.73 Å². The molecular formula is C12H11FINS. The zero-order chi connectivity index (χ0) is 11.5. The minimum absolute atomic E-state index is 0.0541. The molecule has 2 N–H and O–H groups in total. The van der Waals surface area contributed by atoms with Gasteiger partial charge in [0.15, 0.2) is 0 Å². The van der Waals surface area contributed by atoms with Crippen LogP contribution < -0.4 is 5.73 Å². The molecule has 1 heterocycles. The maximum absolute atomic E-state index is 13.0. The number of nitrogens with two attached hydrogens (primary N) is 1. The molecule has 16 heavy (non-hydrogen) atoms. The topological polar surface area (TPSA) is 26.0 Å². The van der Waals surface area contributed by atoms with E-state index in [-0.39, 0.29) is 11.9 Å². The molecule has 0 amide bonds. The second-order valence-corrected chi connectivity index (χ2v) is 6.43. The Hall–Kier alpha value is -0.460. The first kappa shape index (κ1) is 12.0. The fourth-order valence-electron chi connectivity index (χ4n) is 1.55. The predicted octanol–water partition coefficient (Wildman–Crippen LogP) is 3.73. The van der Waals surface area contributed by atoms with Crippen molar-refractivity contribution in [3.8, 4) is 0 Å². The number of thiophene rings is 1. The van der Waals surface area contributed by atoms with Gasteiger partial charge >= 0.3 is 0 Å². The van der Waals surface area contributed by atoms with E-state index in [9.17, 15) is 4.39 Å². The van der Waals surface area contributed by atoms with Crippen molar-refractivity contribution in [1.82, 2.24) is 0 Å². The predicted molar refractivity (Wildman–Crippen MR) is 74.1 cm³/mol. The molecule has 2 aromatic rings. The van der Waals surface area contributed by atoms with Crippen LogP contribution in [0.4, 0.5) is 4.39 Å². The second-order valence-electron chi connectivity index (χ2n) is 3.62. The number of benzene rings is 1. The molecule has 1 aromatic heterocycles. The summed E-state index contributed by atoms with van der Waals surface area (Å²) in [6.07, 6.45) is 0.671. The smallest absolute Gasteiger partial charge is 0.123 e. The Morgan fingerprint density at radius 2 is 2.19 bits per heavy atom. The molecule has 1 unspecified atom stereocenters. The summed E-state index contributed by atoms with van der Waals surface area (Å²) < 4.78 is 14.2. The third kappa shape index (κ3) is 3.02. The van der Waals surface area contributed by atoms with E-state index in [1.54, 1.807) is 17.4 Å². The van der Waals surface area contributed by atoms with Gasteiger partial charge in [0.05, 0.1) is 2.88 Å². The van der Waals surface area contributed by atoms with Crippen LogP contribution in [0, 0.1) is 8.70 Å². The van der Waals surface area contributed by atoms with Gasteiger partial charge in [0, 0.05) is 6.04 Å². The maximum atomic E-state index is 13.0. The first-order valence-corrected chi connectivity index (χ1v) is 6.85. The summed E-state index contributed by atoms with van der Waals surface area (Å²) in [7, 11) is 0. The maximum Gasteiger partial charge on any atom is 0.123 e. The highest BCUT2D eigenvalue weighted by Crippen LogP contribution is 2.23. The van der Waals surface area contributed by atoms with Crippen molar-refractivity contribution in [3.05, 3.63) is 55.5 Å². The third-order valence-corrected chi connectivity index (χ3v) is 4.17. The van der Waals surface area contributed by atoms with E-state index >= 15 is 0 Å². The lowest BCUT2D eigenvalue weighted by atomic mass is 10.0. The number of rotatable bonds is 3. The molecule has 0 saturated heterocycles. The van der Waals surface area contributed by atoms with Crippen LogP contribution >= 0.6 is 33.9 Å². The van der Waals surface area contributed by atoms with Gasteiger partial charge in [-0.05, 0) is 63.7 Å². The van der Waals surface area contributed by atoms with E-state index in [0.29, 0.717) is 6.42 Å². The van der Waals surface area contributed by atoms with Gasteiger partial charge in [-0.25, -0.2) is 4.39 Å². The Morgan fingerprint density at radius 3 is 2.81 bits per heavy atom. The van der Waals surface area contributed by atoms with Crippen LogP contribution in [0.2, 0.25) is 0 Å². The van der Waals surface area contributed by atoms with Crippen molar-refractivity contribution in [2.45, 2.75) is 12.5 Å². The minimum atomic E-state index is -0.204. The van der Waals surface area contributed by atoms with Crippen LogP contribution in [0.15, 0.2) is 35.7 Å². The van der Waals surface area contributed by atoms with E-state index in [1.165, 1.54) is 15.0 Å². The lowest BCUT2D eigenvalue weighted by molar-refractivity contribution is 0.622. The Morgan fingerprint density at radius 1 is 1.38 bits per heavy atom. The lowest BCUT2D eigenvalue weighted by Crippen LogP contribution is -2.12. The lowest BCUT2D eigenvalue weighted by Gasteiger charge is -2.09. The van der Waals surface area contributed by atoms with Crippen molar-refractivity contribution in [2.75, 3.05) is 0 Å². The average Bonchev–Trinajstić information content (AvgIpc) is 2.65. The van der Waals surface area contributed by atoms with Crippen molar-refractivity contribution in [2.24, 2.45) is 5.73 Å². The molecule has 0 bridgehead atoms. The molecule has 0 aliphatic carbocycles. The normalized spacial score (nSPS) is 12.7. The summed E-state index contributed by atoms with van der Waals surface area (Å²) in [5.41, 5.74) is 8.13. The first-order valence-electron chi connectivity index (χ1n) is 4.89. The third-order valence-electron chi connectivity index (χ3n) is 2.36. The number of halogens is 2. The molecular weight excluding hydrogens is 336 g/mol. The fraction of sp³-hybridized carbons (Fsp3) is 0.167. The van der Waals surface area contributed by atoms with E-state index in [4.69, 9.17) is 5.73 Å². The second kappa shape index (κ2) is 5.25. The highest BCUT2D eigenvalue weighted by atomic mass is 127. The molecule has 0 aliphatic rings. The van der Waals surface area contributed by atoms with Gasteiger partial charge in [-0.1, -0.05) is 12.1 Å². The standard InChI is InChI=1S/C12H11FINS/c13-10-3-1-2-8(4-10)5-11(15)9-6-12(14)16-7-9/h1-4,6-7,11H,5,15H2. The van der Waals surface area contributed by atoms with E-state index in [0.717, 1.165) is 11.1 Å². The summed E-state index contributed by atoms with van der Waals surface area (Å²) in [4.78, 5) is 0. The Bertz CT molecular complexity index is 483. The Labute approximate surface area is 112 Å². The molecule has 1 atom stereocenters. The van der Waals surface area contributed by atoms with Crippen molar-refractivity contribution < 1.29 is 4.39 Å². The van der Waals surface area contributed by atoms with E-state index < -0.39 is 0 Å². The SMILES string of the molecule is NC(Cc1cccc(F)c1)c1csc(I)c1. The molecule has 2 rings (SSSR count). The van der Waals surface area contributed by atoms with Crippen LogP contribution in [-0.2, 0) is 6.42 Å². The van der Waals surface area contributed by atoms with E-state index in [1.807, 2.05) is 6.07 Å². The zero-order valence-corrected chi connectivity index (χ0v) is 11.5. The monoisotopic (exact) mass is 347 g/mol. The average molecular weight is 347 g/mol. The van der Waals surface area contributed by atoms with Crippen LogP contribution in [0.5, 0.6) is 0 Å². The Kier molecular flexibility index (Phi) is 3.94. The highest BCUT2D eigenvalue weighted by molar-refractivity contribution is 14.1. The fourth-order valence-corrected chi connectivity index (χ4v) is 2.99. The molecule has 1 nitrogen and oxygen atoms in total. The van der Waals surface area contributed by atoms with Crippen LogP contribution in [0.3, 0.4) is 0 Å². The summed E-state index contributed by atoms with van der Waals surface area (Å²) >= 11 is 3.95. The van der Waals surface area contributed by atoms with Crippen molar-refractivity contribution in [1.29, 1.82) is 0 Å². The molecule has 4 heteroatoms.